The molecule has 3 aromatic rings. The van der Waals surface area contributed by atoms with Crippen LogP contribution in [0.3, 0.4) is 0 Å². The molecule has 1 aromatic carbocycles. The van der Waals surface area contributed by atoms with Gasteiger partial charge in [0.05, 0.1) is 0 Å². The first kappa shape index (κ1) is 12.8. The molecular weight excluding hydrogens is 250 g/mol. The van der Waals surface area contributed by atoms with Gasteiger partial charge in [-0.3, -0.25) is 5.10 Å². The number of fused-ring (bicyclic) bond motifs is 1. The molecule has 0 saturated carbocycles. The van der Waals surface area contributed by atoms with Gasteiger partial charge in [0.25, 0.3) is 0 Å². The van der Waals surface area contributed by atoms with Crippen LogP contribution in [0.4, 0.5) is 5.82 Å². The van der Waals surface area contributed by atoms with Crippen molar-refractivity contribution in [2.45, 2.75) is 33.2 Å². The van der Waals surface area contributed by atoms with E-state index in [0.29, 0.717) is 6.04 Å². The van der Waals surface area contributed by atoms with E-state index >= 15 is 0 Å². The van der Waals surface area contributed by atoms with E-state index in [1.807, 2.05) is 24.3 Å². The quantitative estimate of drug-likeness (QED) is 0.746. The fraction of sp³-hybridized carbons (Fsp3) is 0.312. The van der Waals surface area contributed by atoms with E-state index in [4.69, 9.17) is 4.42 Å². The van der Waals surface area contributed by atoms with Crippen molar-refractivity contribution < 1.29 is 4.42 Å². The van der Waals surface area contributed by atoms with Gasteiger partial charge in [-0.2, -0.15) is 5.10 Å². The van der Waals surface area contributed by atoms with Crippen LogP contribution in [0, 0.1) is 0 Å². The number of aromatic amines is 1. The molecule has 0 amide bonds. The maximum atomic E-state index is 6.00. The first-order valence-corrected chi connectivity index (χ1v) is 7.01. The monoisotopic (exact) mass is 269 g/mol. The minimum atomic E-state index is 0.354. The minimum Gasteiger partial charge on any atom is -0.454 e. The lowest BCUT2D eigenvalue weighted by Gasteiger charge is -2.04. The number of H-pyrrole nitrogens is 1. The van der Waals surface area contributed by atoms with E-state index in [1.165, 1.54) is 10.9 Å². The number of furan rings is 1. The number of rotatable bonds is 4. The predicted molar refractivity (Wildman–Crippen MR) is 81.9 cm³/mol. The van der Waals surface area contributed by atoms with Crippen molar-refractivity contribution in [1.82, 2.24) is 10.2 Å². The predicted octanol–water partition coefficient (Wildman–Crippen LogP) is 4.21. The van der Waals surface area contributed by atoms with Crippen LogP contribution in [0.1, 0.15) is 26.3 Å². The molecule has 20 heavy (non-hydrogen) atoms. The van der Waals surface area contributed by atoms with Crippen molar-refractivity contribution in [2.24, 2.45) is 0 Å². The molecule has 2 heterocycles. The minimum absolute atomic E-state index is 0.354. The van der Waals surface area contributed by atoms with Gasteiger partial charge in [0.1, 0.15) is 17.1 Å². The molecule has 0 aliphatic rings. The summed E-state index contributed by atoms with van der Waals surface area (Å²) < 4.78 is 6.00. The third-order valence-corrected chi connectivity index (χ3v) is 3.31. The van der Waals surface area contributed by atoms with Crippen LogP contribution in [0.15, 0.2) is 34.7 Å². The summed E-state index contributed by atoms with van der Waals surface area (Å²) in [5.41, 5.74) is 3.06. The van der Waals surface area contributed by atoms with Crippen molar-refractivity contribution in [2.75, 3.05) is 5.32 Å². The molecule has 0 spiro atoms. The van der Waals surface area contributed by atoms with E-state index in [2.05, 4.69) is 42.4 Å². The Morgan fingerprint density at radius 3 is 2.85 bits per heavy atom. The summed E-state index contributed by atoms with van der Waals surface area (Å²) in [6, 6.07) is 10.5. The van der Waals surface area contributed by atoms with Crippen molar-refractivity contribution in [1.29, 1.82) is 0 Å². The summed E-state index contributed by atoms with van der Waals surface area (Å²) >= 11 is 0. The Balaban J connectivity index is 2.07. The molecule has 2 aromatic heterocycles. The zero-order chi connectivity index (χ0) is 14.1. The Morgan fingerprint density at radius 2 is 2.10 bits per heavy atom. The lowest BCUT2D eigenvalue weighted by Crippen LogP contribution is -2.09. The maximum absolute atomic E-state index is 6.00. The van der Waals surface area contributed by atoms with E-state index in [1.54, 1.807) is 0 Å². The SMILES string of the molecule is CCc1c(-c2cc(NC(C)C)n[nH]2)oc2ccccc12. The van der Waals surface area contributed by atoms with Gasteiger partial charge in [-0.25, -0.2) is 0 Å². The first-order valence-electron chi connectivity index (χ1n) is 7.01. The van der Waals surface area contributed by atoms with Gasteiger partial charge >= 0.3 is 0 Å². The average Bonchev–Trinajstić information content (AvgIpc) is 3.01. The molecule has 104 valence electrons. The van der Waals surface area contributed by atoms with Crippen LogP contribution >= 0.6 is 0 Å². The van der Waals surface area contributed by atoms with Gasteiger partial charge in [0, 0.05) is 23.1 Å². The summed E-state index contributed by atoms with van der Waals surface area (Å²) in [6.45, 7) is 6.32. The molecule has 3 rings (SSSR count). The highest BCUT2D eigenvalue weighted by atomic mass is 16.3. The van der Waals surface area contributed by atoms with Crippen molar-refractivity contribution >= 4 is 16.8 Å². The molecule has 0 saturated heterocycles. The van der Waals surface area contributed by atoms with Crippen molar-refractivity contribution in [3.05, 3.63) is 35.9 Å². The highest BCUT2D eigenvalue weighted by Gasteiger charge is 2.16. The molecule has 0 atom stereocenters. The lowest BCUT2D eigenvalue weighted by molar-refractivity contribution is 0.624. The van der Waals surface area contributed by atoms with Crippen LogP contribution < -0.4 is 5.32 Å². The summed E-state index contributed by atoms with van der Waals surface area (Å²) in [6.07, 6.45) is 0.929. The van der Waals surface area contributed by atoms with Crippen LogP contribution in [0.25, 0.3) is 22.4 Å². The maximum Gasteiger partial charge on any atom is 0.156 e. The summed E-state index contributed by atoms with van der Waals surface area (Å²) in [4.78, 5) is 0. The zero-order valence-corrected chi connectivity index (χ0v) is 12.0. The number of aryl methyl sites for hydroxylation is 1. The summed E-state index contributed by atoms with van der Waals surface area (Å²) in [7, 11) is 0. The second-order valence-electron chi connectivity index (χ2n) is 5.23. The van der Waals surface area contributed by atoms with Gasteiger partial charge in [-0.15, -0.1) is 0 Å². The zero-order valence-electron chi connectivity index (χ0n) is 12.0. The molecular formula is C16H19N3O. The van der Waals surface area contributed by atoms with E-state index in [-0.39, 0.29) is 0 Å². The van der Waals surface area contributed by atoms with E-state index in [0.717, 1.165) is 29.3 Å². The molecule has 4 heteroatoms. The van der Waals surface area contributed by atoms with Crippen LogP contribution in [0.2, 0.25) is 0 Å². The molecule has 4 nitrogen and oxygen atoms in total. The third-order valence-electron chi connectivity index (χ3n) is 3.31. The number of para-hydroxylation sites is 1. The summed E-state index contributed by atoms with van der Waals surface area (Å²) in [5, 5.41) is 11.8. The normalized spacial score (nSPS) is 11.4. The molecule has 0 bridgehead atoms. The molecule has 0 aliphatic carbocycles. The van der Waals surface area contributed by atoms with Crippen molar-refractivity contribution in [3.8, 4) is 11.5 Å². The standard InChI is InChI=1S/C16H19N3O/c1-4-11-12-7-5-6-8-14(12)20-16(11)13-9-15(19-18-13)17-10(2)3/h5-10H,4H2,1-3H3,(H2,17,18,19). The number of aromatic nitrogens is 2. The molecule has 0 radical (unpaired) electrons. The Bertz CT molecular complexity index is 724. The fourth-order valence-corrected chi connectivity index (χ4v) is 2.48. The number of hydrogen-bond donors (Lipinski definition) is 2. The number of nitrogens with zero attached hydrogens (tertiary/aromatic N) is 1. The van der Waals surface area contributed by atoms with Crippen molar-refractivity contribution in [3.63, 3.8) is 0 Å². The smallest absolute Gasteiger partial charge is 0.156 e. The second kappa shape index (κ2) is 5.04. The Hall–Kier alpha value is -2.23. The van der Waals surface area contributed by atoms with Crippen LogP contribution in [-0.4, -0.2) is 16.2 Å². The molecule has 0 unspecified atom stereocenters. The lowest BCUT2D eigenvalue weighted by atomic mass is 10.1. The Morgan fingerprint density at radius 1 is 1.30 bits per heavy atom. The molecule has 0 aliphatic heterocycles. The first-order chi connectivity index (χ1) is 9.69. The average molecular weight is 269 g/mol. The van der Waals surface area contributed by atoms with E-state index in [9.17, 15) is 0 Å². The number of nitrogens with one attached hydrogen (secondary N) is 2. The number of anilines is 1. The van der Waals surface area contributed by atoms with Gasteiger partial charge in [0.15, 0.2) is 5.76 Å². The topological polar surface area (TPSA) is 53.9 Å². The van der Waals surface area contributed by atoms with Gasteiger partial charge < -0.3 is 9.73 Å². The van der Waals surface area contributed by atoms with Gasteiger partial charge in [-0.05, 0) is 26.3 Å². The Kier molecular flexibility index (Phi) is 3.22. The highest BCUT2D eigenvalue weighted by molar-refractivity contribution is 5.87. The van der Waals surface area contributed by atoms with Crippen LogP contribution in [0.5, 0.6) is 0 Å². The summed E-state index contributed by atoms with van der Waals surface area (Å²) in [5.74, 6) is 1.73. The molecule has 0 fully saturated rings. The fourth-order valence-electron chi connectivity index (χ4n) is 2.48. The van der Waals surface area contributed by atoms with E-state index < -0.39 is 0 Å². The third kappa shape index (κ3) is 2.18. The van der Waals surface area contributed by atoms with Crippen LogP contribution in [-0.2, 0) is 6.42 Å². The second-order valence-corrected chi connectivity index (χ2v) is 5.23. The molecule has 2 N–H and O–H groups in total. The Labute approximate surface area is 118 Å². The largest absolute Gasteiger partial charge is 0.454 e. The number of hydrogen-bond acceptors (Lipinski definition) is 3. The number of benzene rings is 1. The highest BCUT2D eigenvalue weighted by Crippen LogP contribution is 2.33. The van der Waals surface area contributed by atoms with Gasteiger partial charge in [0.2, 0.25) is 0 Å². The van der Waals surface area contributed by atoms with Gasteiger partial charge in [-0.1, -0.05) is 25.1 Å².